The zero-order valence-electron chi connectivity index (χ0n) is 15.6. The van der Waals surface area contributed by atoms with E-state index in [1.54, 1.807) is 0 Å². The van der Waals surface area contributed by atoms with Crippen molar-refractivity contribution < 1.29 is 71.8 Å². The summed E-state index contributed by atoms with van der Waals surface area (Å²) in [6, 6.07) is 0. The van der Waals surface area contributed by atoms with Crippen molar-refractivity contribution in [3.8, 4) is 0 Å². The van der Waals surface area contributed by atoms with Crippen molar-refractivity contribution in [3.63, 3.8) is 0 Å². The molecule has 1 rings (SSSR count). The van der Waals surface area contributed by atoms with Crippen molar-refractivity contribution in [3.05, 3.63) is 0 Å². The molecule has 0 aliphatic carbocycles. The van der Waals surface area contributed by atoms with Gasteiger partial charge in [-0.1, -0.05) is 0 Å². The van der Waals surface area contributed by atoms with Crippen LogP contribution in [-0.4, -0.2) is 114 Å². The van der Waals surface area contributed by atoms with E-state index in [2.05, 4.69) is 7.05 Å². The molecule has 0 amide bonds. The summed E-state index contributed by atoms with van der Waals surface area (Å²) in [4.78, 5) is 36.2. The van der Waals surface area contributed by atoms with Crippen LogP contribution in [0, 0.1) is 0 Å². The Morgan fingerprint density at radius 1 is 0.966 bits per heavy atom. The fourth-order valence-electron chi connectivity index (χ4n) is 1.73. The summed E-state index contributed by atoms with van der Waals surface area (Å²) in [6.07, 6.45) is 3.59. The van der Waals surface area contributed by atoms with Crippen LogP contribution >= 0.6 is 0 Å². The molecular formula is C12H24BNO14S. The molecule has 0 aromatic heterocycles. The van der Waals surface area contributed by atoms with E-state index in [1.807, 2.05) is 0 Å². The predicted octanol–water partition coefficient (Wildman–Crippen LogP) is -4.87. The third-order valence-electron chi connectivity index (χ3n) is 2.93. The molecule has 0 bridgehead atoms. The zero-order chi connectivity index (χ0) is 23.8. The Labute approximate surface area is 166 Å². The van der Waals surface area contributed by atoms with Crippen LogP contribution in [0.1, 0.15) is 12.8 Å². The second-order valence-electron chi connectivity index (χ2n) is 5.57. The summed E-state index contributed by atoms with van der Waals surface area (Å²) in [7, 11) is -3.27. The molecule has 0 unspecified atom stereocenters. The van der Waals surface area contributed by atoms with Gasteiger partial charge in [0.1, 0.15) is 13.2 Å². The molecule has 15 nitrogen and oxygen atoms in total. The van der Waals surface area contributed by atoms with Gasteiger partial charge in [0.25, 0.3) is 10.1 Å². The Balaban J connectivity index is -0.000000355. The summed E-state index contributed by atoms with van der Waals surface area (Å²) in [5.41, 5.74) is 0. The van der Waals surface area contributed by atoms with Crippen LogP contribution in [0.5, 0.6) is 0 Å². The normalized spacial score (nSPS) is 13.8. The lowest BCUT2D eigenvalue weighted by atomic mass is 10.3. The van der Waals surface area contributed by atoms with Gasteiger partial charge in [0, 0.05) is 12.8 Å². The summed E-state index contributed by atoms with van der Waals surface area (Å²) < 4.78 is 27.0. The molecule has 0 aromatic carbocycles. The van der Waals surface area contributed by atoms with Crippen LogP contribution in [0.2, 0.25) is 0 Å². The van der Waals surface area contributed by atoms with Crippen LogP contribution in [0.3, 0.4) is 0 Å². The minimum Gasteiger partial charge on any atom is -0.539 e. The number of likely N-dealkylation sites (N-methyl/N-ethyl adjacent to an activating group) is 1. The van der Waals surface area contributed by atoms with Gasteiger partial charge in [-0.05, 0) is 0 Å². The number of aliphatic carboxylic acids is 4. The largest absolute Gasteiger partial charge is 0.631 e. The highest BCUT2D eigenvalue weighted by atomic mass is 32.2. The molecule has 0 saturated carbocycles. The van der Waals surface area contributed by atoms with Gasteiger partial charge in [0.2, 0.25) is 0 Å². The Kier molecular flexibility index (Phi) is 16.9. The summed E-state index contributed by atoms with van der Waals surface area (Å²) in [5.74, 6) is -7.66. The molecule has 29 heavy (non-hydrogen) atoms. The van der Waals surface area contributed by atoms with Crippen molar-refractivity contribution >= 4 is 41.3 Å². The lowest BCUT2D eigenvalue weighted by Crippen LogP contribution is -2.43. The van der Waals surface area contributed by atoms with Gasteiger partial charge in [-0.15, -0.1) is 0 Å². The first-order valence-electron chi connectivity index (χ1n) is 7.56. The van der Waals surface area contributed by atoms with E-state index >= 15 is 0 Å². The fraction of sp³-hybridized carbons (Fsp3) is 0.667. The third-order valence-corrected chi connectivity index (χ3v) is 3.53. The number of carbonyl (C=O) groups is 4. The Morgan fingerprint density at radius 2 is 1.28 bits per heavy atom. The number of likely N-dealkylation sites (tertiary alicyclic amines) is 1. The highest BCUT2D eigenvalue weighted by Crippen LogP contribution is 2.15. The topological polar surface area (TPSA) is 256 Å². The van der Waals surface area contributed by atoms with Gasteiger partial charge in [-0.25, -0.2) is 14.4 Å². The molecule has 1 saturated heterocycles. The van der Waals surface area contributed by atoms with E-state index in [0.717, 1.165) is 30.4 Å². The van der Waals surface area contributed by atoms with E-state index in [0.29, 0.717) is 6.61 Å². The number of rotatable bonds is 4. The number of carboxylic acids is 4. The van der Waals surface area contributed by atoms with E-state index in [1.165, 1.54) is 12.8 Å². The number of nitrogens with zero attached hydrogens (tertiary/aromatic N) is 1. The minimum absolute atomic E-state index is 0.315. The zero-order valence-corrected chi connectivity index (χ0v) is 16.4. The number of carbonyl (C=O) groups excluding carboxylic acids is 1. The maximum Gasteiger partial charge on any atom is 0.631 e. The molecule has 0 spiro atoms. The smallest absolute Gasteiger partial charge is 0.539 e. The minimum atomic E-state index is -3.25. The third kappa shape index (κ3) is 28.0. The van der Waals surface area contributed by atoms with Gasteiger partial charge in [0.15, 0.2) is 5.97 Å². The summed E-state index contributed by atoms with van der Waals surface area (Å²) in [6.45, 7) is 3.41. The van der Waals surface area contributed by atoms with Crippen LogP contribution < -0.4 is 5.11 Å². The molecule has 6 N–H and O–H groups in total. The molecule has 0 radical (unpaired) electrons. The van der Waals surface area contributed by atoms with Gasteiger partial charge >= 0.3 is 25.2 Å². The first-order valence-corrected chi connectivity index (χ1v) is 9.38. The van der Waals surface area contributed by atoms with Crippen molar-refractivity contribution in [1.29, 1.82) is 0 Å². The van der Waals surface area contributed by atoms with Gasteiger partial charge in [-0.2, -0.15) is 8.42 Å². The fourth-order valence-corrected chi connectivity index (χ4v) is 2.11. The quantitative estimate of drug-likeness (QED) is 0.102. The molecule has 1 fully saturated rings. The summed E-state index contributed by atoms with van der Waals surface area (Å²) in [5, 5.41) is 52.6. The molecule has 1 heterocycles. The first-order chi connectivity index (χ1) is 12.9. The number of hydrogen-bond acceptors (Lipinski definition) is 11. The molecular weight excluding hydrogens is 425 g/mol. The SMILES string of the molecule is C[N+]1(CCOS(C)(=O)=O)CCCC1.O=C(O)C(=O)O.O=C([O-])C(=O)O.OB(O)O. The van der Waals surface area contributed by atoms with Crippen LogP contribution in [-0.2, 0) is 33.5 Å². The molecule has 1 aliphatic rings. The second kappa shape index (κ2) is 15.6. The van der Waals surface area contributed by atoms with E-state index < -0.39 is 41.3 Å². The Morgan fingerprint density at radius 3 is 1.48 bits per heavy atom. The highest BCUT2D eigenvalue weighted by molar-refractivity contribution is 7.85. The maximum atomic E-state index is 10.7. The predicted molar refractivity (Wildman–Crippen MR) is 91.1 cm³/mol. The number of hydrogen-bond donors (Lipinski definition) is 6. The Bertz CT molecular complexity index is 578. The van der Waals surface area contributed by atoms with Crippen molar-refractivity contribution in [2.24, 2.45) is 0 Å². The summed E-state index contributed by atoms with van der Waals surface area (Å²) >= 11 is 0. The van der Waals surface area contributed by atoms with E-state index in [-0.39, 0.29) is 0 Å². The standard InChI is InChI=1S/C8H18NO3S.2C2H2O4.BH3O3/c1-9(5-3-4-6-9)7-8-12-13(2,10)11;2*3-1(4)2(5)6;2-1(3)4/h3-8H2,1-2H3;2*(H,3,4)(H,5,6);2-4H/q+1;;;/p-1. The van der Waals surface area contributed by atoms with Gasteiger partial charge in [0.05, 0.1) is 26.4 Å². The van der Waals surface area contributed by atoms with Crippen LogP contribution in [0.15, 0.2) is 0 Å². The first kappa shape index (κ1) is 31.4. The molecule has 0 atom stereocenters. The average molecular weight is 449 g/mol. The number of carboxylic acid groups (broad SMARTS) is 4. The van der Waals surface area contributed by atoms with E-state index in [4.69, 9.17) is 58.9 Å². The molecule has 1 aliphatic heterocycles. The molecule has 17 heteroatoms. The second-order valence-corrected chi connectivity index (χ2v) is 7.22. The maximum absolute atomic E-state index is 10.7. The number of quaternary nitrogens is 1. The molecule has 0 aromatic rings. The highest BCUT2D eigenvalue weighted by Gasteiger charge is 2.26. The monoisotopic (exact) mass is 449 g/mol. The lowest BCUT2D eigenvalue weighted by Gasteiger charge is -2.28. The van der Waals surface area contributed by atoms with Crippen molar-refractivity contribution in [2.45, 2.75) is 12.8 Å². The average Bonchev–Trinajstić information content (AvgIpc) is 2.93. The van der Waals surface area contributed by atoms with Crippen molar-refractivity contribution in [2.75, 3.05) is 39.5 Å². The van der Waals surface area contributed by atoms with Crippen molar-refractivity contribution in [1.82, 2.24) is 0 Å². The van der Waals surface area contributed by atoms with E-state index in [9.17, 15) is 8.42 Å². The Hall–Kier alpha value is -2.31. The molecule has 170 valence electrons. The lowest BCUT2D eigenvalue weighted by molar-refractivity contribution is -0.897. The van der Waals surface area contributed by atoms with Gasteiger partial charge in [-0.3, -0.25) is 4.18 Å². The van der Waals surface area contributed by atoms with Crippen LogP contribution in [0.4, 0.5) is 0 Å². The van der Waals surface area contributed by atoms with Gasteiger partial charge < -0.3 is 44.8 Å². The van der Waals surface area contributed by atoms with Crippen LogP contribution in [0.25, 0.3) is 0 Å².